The second-order valence-corrected chi connectivity index (χ2v) is 9.12. The lowest BCUT2D eigenvalue weighted by Gasteiger charge is -2.40. The number of fused-ring (bicyclic) bond motifs is 1. The topological polar surface area (TPSA) is 89.6 Å². The number of oxazole rings is 1. The van der Waals surface area contributed by atoms with E-state index in [1.165, 1.54) is 0 Å². The van der Waals surface area contributed by atoms with Crippen LogP contribution in [-0.4, -0.2) is 39.3 Å². The largest absolute Gasteiger partial charge is 0.477 e. The van der Waals surface area contributed by atoms with Crippen LogP contribution in [0.1, 0.15) is 27.2 Å². The Hall–Kier alpha value is -3.78. The number of aromatic nitrogens is 1. The van der Waals surface area contributed by atoms with E-state index < -0.39 is 22.6 Å². The Morgan fingerprint density at radius 1 is 1.00 bits per heavy atom. The van der Waals surface area contributed by atoms with E-state index in [4.69, 9.17) is 20.9 Å². The molecule has 1 aromatic heterocycles. The fraction of sp³-hybridized carbons (Fsp3) is 0.179. The standard InChI is InChI=1S/C28H23ClN2O5/c29-23-12-10-20(11-13-23)27(32)31(17-22-9-5-4-8-21(22)16-25(31)28(33)34)36-15-14-24-18-35-26(30-24)19-6-2-1-3-7-19/h1-13,18,25H,14-17H2/p+1. The molecule has 2 heterocycles. The second-order valence-electron chi connectivity index (χ2n) is 8.69. The van der Waals surface area contributed by atoms with Crippen LogP contribution in [0.3, 0.4) is 0 Å². The van der Waals surface area contributed by atoms with E-state index in [1.54, 1.807) is 30.5 Å². The molecule has 0 bridgehead atoms. The molecule has 0 saturated heterocycles. The van der Waals surface area contributed by atoms with E-state index in [0.717, 1.165) is 16.7 Å². The summed E-state index contributed by atoms with van der Waals surface area (Å²) < 4.78 is 4.92. The molecule has 7 nitrogen and oxygen atoms in total. The number of carbonyl (C=O) groups is 2. The molecule has 5 rings (SSSR count). The fourth-order valence-electron chi connectivity index (χ4n) is 4.56. The predicted octanol–water partition coefficient (Wildman–Crippen LogP) is 5.34. The smallest absolute Gasteiger partial charge is 0.379 e. The molecule has 1 aliphatic heterocycles. The number of nitrogens with zero attached hydrogens (tertiary/aromatic N) is 2. The number of carbonyl (C=O) groups excluding carboxylic acids is 1. The van der Waals surface area contributed by atoms with E-state index in [1.807, 2.05) is 54.6 Å². The van der Waals surface area contributed by atoms with Gasteiger partial charge < -0.3 is 9.52 Å². The van der Waals surface area contributed by atoms with Gasteiger partial charge in [0.2, 0.25) is 11.9 Å². The molecule has 182 valence electrons. The molecule has 3 aromatic carbocycles. The zero-order valence-electron chi connectivity index (χ0n) is 19.3. The molecule has 0 spiro atoms. The number of benzene rings is 3. The van der Waals surface area contributed by atoms with Crippen molar-refractivity contribution in [1.82, 2.24) is 4.98 Å². The van der Waals surface area contributed by atoms with Gasteiger partial charge in [-0.25, -0.2) is 14.6 Å². The number of carboxylic acids is 1. The summed E-state index contributed by atoms with van der Waals surface area (Å²) in [6.07, 6.45) is 2.07. The maximum Gasteiger partial charge on any atom is 0.379 e. The van der Waals surface area contributed by atoms with Crippen molar-refractivity contribution in [2.45, 2.75) is 25.4 Å². The van der Waals surface area contributed by atoms with Crippen LogP contribution in [0.5, 0.6) is 0 Å². The van der Waals surface area contributed by atoms with Crippen molar-refractivity contribution in [3.63, 3.8) is 0 Å². The number of hydrogen-bond donors (Lipinski definition) is 1. The van der Waals surface area contributed by atoms with Gasteiger partial charge in [0.25, 0.3) is 0 Å². The normalized spacial score (nSPS) is 19.0. The summed E-state index contributed by atoms with van der Waals surface area (Å²) in [7, 11) is 0. The van der Waals surface area contributed by atoms with Gasteiger partial charge in [-0.15, -0.1) is 0 Å². The minimum absolute atomic E-state index is 0.0754. The summed E-state index contributed by atoms with van der Waals surface area (Å²) in [5, 5.41) is 10.7. The number of amides is 1. The Labute approximate surface area is 213 Å². The Morgan fingerprint density at radius 3 is 2.42 bits per heavy atom. The highest BCUT2D eigenvalue weighted by Gasteiger charge is 2.54. The van der Waals surface area contributed by atoms with Gasteiger partial charge in [0.05, 0.1) is 11.3 Å². The third-order valence-corrected chi connectivity index (χ3v) is 6.66. The van der Waals surface area contributed by atoms with Gasteiger partial charge in [0, 0.05) is 29.0 Å². The minimum atomic E-state index is -1.11. The summed E-state index contributed by atoms with van der Waals surface area (Å²) in [4.78, 5) is 37.1. The van der Waals surface area contributed by atoms with Gasteiger partial charge in [-0.2, -0.15) is 4.84 Å². The Balaban J connectivity index is 1.44. The van der Waals surface area contributed by atoms with E-state index in [0.29, 0.717) is 28.6 Å². The van der Waals surface area contributed by atoms with Crippen LogP contribution in [0.2, 0.25) is 5.02 Å². The van der Waals surface area contributed by atoms with Crippen molar-refractivity contribution < 1.29 is 28.6 Å². The average Bonchev–Trinajstić information content (AvgIpc) is 3.37. The van der Waals surface area contributed by atoms with Crippen molar-refractivity contribution >= 4 is 23.5 Å². The van der Waals surface area contributed by atoms with E-state index in [-0.39, 0.29) is 19.6 Å². The molecule has 2 unspecified atom stereocenters. The van der Waals surface area contributed by atoms with Crippen molar-refractivity contribution in [3.05, 3.63) is 113 Å². The molecule has 36 heavy (non-hydrogen) atoms. The molecular formula is C28H24ClN2O5+. The van der Waals surface area contributed by atoms with Gasteiger partial charge in [-0.3, -0.25) is 0 Å². The van der Waals surface area contributed by atoms with Crippen LogP contribution in [0.25, 0.3) is 11.5 Å². The molecule has 1 aliphatic rings. The fourth-order valence-corrected chi connectivity index (χ4v) is 4.69. The van der Waals surface area contributed by atoms with Crippen LogP contribution >= 0.6 is 11.6 Å². The maximum absolute atomic E-state index is 13.9. The number of carboxylic acid groups (broad SMARTS) is 1. The molecule has 0 radical (unpaired) electrons. The second kappa shape index (κ2) is 10.1. The van der Waals surface area contributed by atoms with Crippen LogP contribution < -0.4 is 0 Å². The van der Waals surface area contributed by atoms with Gasteiger partial charge in [-0.05, 0) is 42.0 Å². The van der Waals surface area contributed by atoms with Crippen molar-refractivity contribution in [1.29, 1.82) is 0 Å². The zero-order chi connectivity index (χ0) is 25.1. The quantitative estimate of drug-likeness (QED) is 0.343. The lowest BCUT2D eigenvalue weighted by atomic mass is 9.92. The summed E-state index contributed by atoms with van der Waals surface area (Å²) >= 11 is 6.02. The molecule has 8 heteroatoms. The Morgan fingerprint density at radius 2 is 1.69 bits per heavy atom. The van der Waals surface area contributed by atoms with Gasteiger partial charge >= 0.3 is 11.9 Å². The van der Waals surface area contributed by atoms with Crippen molar-refractivity contribution in [2.24, 2.45) is 0 Å². The first kappa shape index (κ1) is 23.9. The SMILES string of the molecule is O=C(O)C1Cc2ccccc2C[N+]1(OCCc1coc(-c2ccccc2)n1)C(=O)c1ccc(Cl)cc1. The number of hydroxylamine groups is 3. The number of hydrogen-bond acceptors (Lipinski definition) is 5. The van der Waals surface area contributed by atoms with Crippen molar-refractivity contribution in [3.8, 4) is 11.5 Å². The molecule has 4 aromatic rings. The van der Waals surface area contributed by atoms with Crippen LogP contribution in [0.4, 0.5) is 0 Å². The molecule has 1 N–H and O–H groups in total. The first-order chi connectivity index (χ1) is 17.5. The lowest BCUT2D eigenvalue weighted by molar-refractivity contribution is -1.06. The number of quaternary nitrogens is 1. The lowest BCUT2D eigenvalue weighted by Crippen LogP contribution is -2.64. The first-order valence-electron chi connectivity index (χ1n) is 11.6. The van der Waals surface area contributed by atoms with Gasteiger partial charge in [-0.1, -0.05) is 58.7 Å². The molecule has 0 aliphatic carbocycles. The Kier molecular flexibility index (Phi) is 6.69. The van der Waals surface area contributed by atoms with E-state index in [9.17, 15) is 14.7 Å². The monoisotopic (exact) mass is 503 g/mol. The predicted molar refractivity (Wildman–Crippen MR) is 133 cm³/mol. The average molecular weight is 504 g/mol. The van der Waals surface area contributed by atoms with Crippen LogP contribution in [0, 0.1) is 0 Å². The molecule has 0 saturated carbocycles. The molecule has 0 fully saturated rings. The highest BCUT2D eigenvalue weighted by Crippen LogP contribution is 2.34. The number of aliphatic carboxylic acids is 1. The Bertz CT molecular complexity index is 1390. The molecular weight excluding hydrogens is 480 g/mol. The number of halogens is 1. The summed E-state index contributed by atoms with van der Waals surface area (Å²) in [6.45, 7) is 0.175. The van der Waals surface area contributed by atoms with E-state index in [2.05, 4.69) is 4.98 Å². The third kappa shape index (κ3) is 4.68. The van der Waals surface area contributed by atoms with Gasteiger partial charge in [0.1, 0.15) is 19.4 Å². The number of rotatable bonds is 7. The summed E-state index contributed by atoms with van der Waals surface area (Å²) in [6, 6.07) is 22.4. The highest BCUT2D eigenvalue weighted by atomic mass is 35.5. The van der Waals surface area contributed by atoms with Crippen LogP contribution in [0.15, 0.2) is 89.5 Å². The summed E-state index contributed by atoms with van der Waals surface area (Å²) in [5.41, 5.74) is 3.61. The zero-order valence-corrected chi connectivity index (χ0v) is 20.1. The van der Waals surface area contributed by atoms with Crippen molar-refractivity contribution in [2.75, 3.05) is 6.61 Å². The highest BCUT2D eigenvalue weighted by molar-refractivity contribution is 6.30. The molecule has 2 atom stereocenters. The first-order valence-corrected chi connectivity index (χ1v) is 12.0. The van der Waals surface area contributed by atoms with Crippen LogP contribution in [-0.2, 0) is 29.0 Å². The van der Waals surface area contributed by atoms with E-state index >= 15 is 0 Å². The third-order valence-electron chi connectivity index (χ3n) is 6.41. The minimum Gasteiger partial charge on any atom is -0.477 e. The summed E-state index contributed by atoms with van der Waals surface area (Å²) in [5.74, 6) is -1.04. The maximum atomic E-state index is 13.9. The molecule has 1 amide bonds. The van der Waals surface area contributed by atoms with Gasteiger partial charge in [0.15, 0.2) is 0 Å².